The van der Waals surface area contributed by atoms with Gasteiger partial charge in [0.25, 0.3) is 0 Å². The number of aromatic hydroxyl groups is 1. The van der Waals surface area contributed by atoms with Gasteiger partial charge in [-0.25, -0.2) is 0 Å². The van der Waals surface area contributed by atoms with Gasteiger partial charge in [-0.05, 0) is 54.3 Å². The highest BCUT2D eigenvalue weighted by Gasteiger charge is 2.27. The molecule has 0 radical (unpaired) electrons. The molecule has 126 valence electrons. The molecule has 0 aromatic heterocycles. The molecule has 0 fully saturated rings. The predicted molar refractivity (Wildman–Crippen MR) is 97.0 cm³/mol. The molecule has 2 heteroatoms. The molecule has 0 saturated heterocycles. The highest BCUT2D eigenvalue weighted by Crippen LogP contribution is 2.40. The van der Waals surface area contributed by atoms with E-state index in [0.717, 1.165) is 24.1 Å². The van der Waals surface area contributed by atoms with Crippen molar-refractivity contribution in [2.24, 2.45) is 0 Å². The quantitative estimate of drug-likeness (QED) is 0.827. The first-order valence-electron chi connectivity index (χ1n) is 8.40. The first kappa shape index (κ1) is 19.0. The molecule has 0 unspecified atom stereocenters. The fourth-order valence-corrected chi connectivity index (χ4v) is 2.99. The molecule has 0 aliphatic carbocycles. The fourth-order valence-electron chi connectivity index (χ4n) is 2.99. The summed E-state index contributed by atoms with van der Waals surface area (Å²) in [6.07, 6.45) is 0.952. The van der Waals surface area contributed by atoms with Crippen LogP contribution in [0.4, 0.5) is 0 Å². The number of nitrogens with one attached hydrogen (secondary N) is 1. The molecule has 1 aromatic carbocycles. The number of hydrogen-bond donors (Lipinski definition) is 2. The number of likely N-dealkylation sites (N-methyl/N-ethyl adjacent to an activating group) is 1. The minimum atomic E-state index is -0.0670. The van der Waals surface area contributed by atoms with Gasteiger partial charge in [0.15, 0.2) is 0 Å². The van der Waals surface area contributed by atoms with Crippen molar-refractivity contribution in [1.29, 1.82) is 0 Å². The third kappa shape index (κ3) is 4.74. The van der Waals surface area contributed by atoms with Crippen LogP contribution < -0.4 is 5.32 Å². The molecule has 0 bridgehead atoms. The van der Waals surface area contributed by atoms with Crippen molar-refractivity contribution in [3.63, 3.8) is 0 Å². The lowest BCUT2D eigenvalue weighted by molar-refractivity contribution is 0.393. The largest absolute Gasteiger partial charge is 0.507 e. The number of hydrogen-bond acceptors (Lipinski definition) is 2. The highest BCUT2D eigenvalue weighted by atomic mass is 16.3. The summed E-state index contributed by atoms with van der Waals surface area (Å²) in [6, 6.07) is 4.37. The molecule has 2 N–H and O–H groups in total. The van der Waals surface area contributed by atoms with E-state index in [4.69, 9.17) is 0 Å². The van der Waals surface area contributed by atoms with Gasteiger partial charge in [-0.2, -0.15) is 0 Å². The predicted octanol–water partition coefficient (Wildman–Crippen LogP) is 4.92. The zero-order chi connectivity index (χ0) is 17.3. The molecule has 0 atom stereocenters. The molecule has 22 heavy (non-hydrogen) atoms. The van der Waals surface area contributed by atoms with Crippen LogP contribution in [-0.4, -0.2) is 17.2 Å². The summed E-state index contributed by atoms with van der Waals surface area (Å²) in [5.41, 5.74) is 3.30. The third-order valence-electron chi connectivity index (χ3n) is 4.09. The molecule has 0 amide bonds. The maximum Gasteiger partial charge on any atom is 0.123 e. The van der Waals surface area contributed by atoms with Crippen LogP contribution in [0.25, 0.3) is 0 Å². The van der Waals surface area contributed by atoms with Gasteiger partial charge in [0.1, 0.15) is 5.75 Å². The van der Waals surface area contributed by atoms with Gasteiger partial charge in [-0.3, -0.25) is 0 Å². The molecule has 1 aromatic rings. The van der Waals surface area contributed by atoms with Crippen LogP contribution in [0.2, 0.25) is 0 Å². The minimum absolute atomic E-state index is 0.0516. The van der Waals surface area contributed by atoms with Crippen LogP contribution in [0, 0.1) is 0 Å². The van der Waals surface area contributed by atoms with Gasteiger partial charge in [0.2, 0.25) is 0 Å². The summed E-state index contributed by atoms with van der Waals surface area (Å²) in [5.74, 6) is 0.463. The molecule has 0 saturated carbocycles. The number of rotatable bonds is 4. The third-order valence-corrected chi connectivity index (χ3v) is 4.09. The molecular weight excluding hydrogens is 270 g/mol. The normalized spacial score (nSPS) is 13.5. The number of phenols is 1. The fraction of sp³-hybridized carbons (Fsp3) is 0.700. The molecule has 0 spiro atoms. The topological polar surface area (TPSA) is 32.3 Å². The van der Waals surface area contributed by atoms with Crippen LogP contribution in [0.15, 0.2) is 12.1 Å². The van der Waals surface area contributed by atoms with E-state index in [1.165, 1.54) is 5.56 Å². The van der Waals surface area contributed by atoms with Crippen molar-refractivity contribution in [3.05, 3.63) is 28.8 Å². The lowest BCUT2D eigenvalue weighted by Gasteiger charge is -2.31. The van der Waals surface area contributed by atoms with Crippen molar-refractivity contribution < 1.29 is 5.11 Å². The Kier molecular flexibility index (Phi) is 5.39. The van der Waals surface area contributed by atoms with Gasteiger partial charge >= 0.3 is 0 Å². The summed E-state index contributed by atoms with van der Waals surface area (Å²) >= 11 is 0. The van der Waals surface area contributed by atoms with Gasteiger partial charge < -0.3 is 10.4 Å². The van der Waals surface area contributed by atoms with Gasteiger partial charge in [-0.15, -0.1) is 0 Å². The lowest BCUT2D eigenvalue weighted by atomic mass is 9.77. The standard InChI is InChI=1S/C20H35NO/c1-10-21-20(8,9)13-14-11-15(18(2,3)4)17(22)16(12-14)19(5,6)7/h11-12,21-22H,10,13H2,1-9H3. The number of phenolic OH excluding ortho intramolecular Hbond substituents is 1. The Morgan fingerprint density at radius 3 is 1.59 bits per heavy atom. The minimum Gasteiger partial charge on any atom is -0.507 e. The second-order valence-electron chi connectivity index (χ2n) is 9.13. The second kappa shape index (κ2) is 6.23. The smallest absolute Gasteiger partial charge is 0.123 e. The van der Waals surface area contributed by atoms with Crippen molar-refractivity contribution in [1.82, 2.24) is 5.32 Å². The average molecular weight is 306 g/mol. The van der Waals surface area contributed by atoms with Crippen molar-refractivity contribution in [2.75, 3.05) is 6.54 Å². The summed E-state index contributed by atoms with van der Waals surface area (Å²) in [4.78, 5) is 0. The van der Waals surface area contributed by atoms with E-state index in [1.54, 1.807) is 0 Å². The molecule has 1 rings (SSSR count). The van der Waals surface area contributed by atoms with E-state index in [-0.39, 0.29) is 16.4 Å². The van der Waals surface area contributed by atoms with Crippen molar-refractivity contribution in [2.45, 2.75) is 85.1 Å². The molecular formula is C20H35NO. The zero-order valence-corrected chi connectivity index (χ0v) is 16.0. The van der Waals surface area contributed by atoms with E-state index < -0.39 is 0 Å². The SMILES string of the molecule is CCNC(C)(C)Cc1cc(C(C)(C)C)c(O)c(C(C)(C)C)c1. The zero-order valence-electron chi connectivity index (χ0n) is 16.0. The maximum absolute atomic E-state index is 10.8. The van der Waals surface area contributed by atoms with Crippen LogP contribution >= 0.6 is 0 Å². The van der Waals surface area contributed by atoms with Crippen LogP contribution in [0.3, 0.4) is 0 Å². The Morgan fingerprint density at radius 1 is 0.864 bits per heavy atom. The van der Waals surface area contributed by atoms with Crippen LogP contribution in [-0.2, 0) is 17.3 Å². The summed E-state index contributed by atoms with van der Waals surface area (Å²) in [7, 11) is 0. The monoisotopic (exact) mass is 305 g/mol. The summed E-state index contributed by atoms with van der Waals surface area (Å²) in [6.45, 7) is 20.5. The second-order valence-corrected chi connectivity index (χ2v) is 9.13. The van der Waals surface area contributed by atoms with E-state index in [0.29, 0.717) is 5.75 Å². The Bertz CT molecular complexity index is 480. The Morgan fingerprint density at radius 2 is 1.27 bits per heavy atom. The van der Waals surface area contributed by atoms with E-state index in [1.807, 2.05) is 0 Å². The van der Waals surface area contributed by atoms with Crippen LogP contribution in [0.5, 0.6) is 5.75 Å². The van der Waals surface area contributed by atoms with E-state index >= 15 is 0 Å². The van der Waals surface area contributed by atoms with E-state index in [9.17, 15) is 5.11 Å². The van der Waals surface area contributed by atoms with Crippen molar-refractivity contribution >= 4 is 0 Å². The van der Waals surface area contributed by atoms with Crippen LogP contribution in [0.1, 0.15) is 79.0 Å². The molecule has 0 aliphatic heterocycles. The molecule has 0 aliphatic rings. The Balaban J connectivity index is 3.42. The van der Waals surface area contributed by atoms with Gasteiger partial charge in [-0.1, -0.05) is 60.6 Å². The Hall–Kier alpha value is -1.02. The first-order valence-corrected chi connectivity index (χ1v) is 8.40. The highest BCUT2D eigenvalue weighted by molar-refractivity contribution is 5.50. The maximum atomic E-state index is 10.8. The first-order chi connectivity index (χ1) is 9.78. The average Bonchev–Trinajstić information content (AvgIpc) is 2.27. The van der Waals surface area contributed by atoms with Gasteiger partial charge in [0, 0.05) is 5.54 Å². The molecule has 0 heterocycles. The lowest BCUT2D eigenvalue weighted by Crippen LogP contribution is -2.41. The summed E-state index contributed by atoms with van der Waals surface area (Å²) in [5, 5.41) is 14.3. The number of benzene rings is 1. The van der Waals surface area contributed by atoms with Crippen molar-refractivity contribution in [3.8, 4) is 5.75 Å². The Labute approximate surface area is 137 Å². The summed E-state index contributed by atoms with van der Waals surface area (Å²) < 4.78 is 0. The van der Waals surface area contributed by atoms with E-state index in [2.05, 4.69) is 79.8 Å². The molecule has 2 nitrogen and oxygen atoms in total. The van der Waals surface area contributed by atoms with Gasteiger partial charge in [0.05, 0.1) is 0 Å².